The molecule has 2 amide bonds. The minimum absolute atomic E-state index is 0.101. The molecule has 106 valence electrons. The van der Waals surface area contributed by atoms with Gasteiger partial charge in [-0.1, -0.05) is 15.9 Å². The number of nitrogens with one attached hydrogen (secondary N) is 3. The summed E-state index contributed by atoms with van der Waals surface area (Å²) in [7, 11) is 0. The molecule has 0 saturated carbocycles. The number of nitrogens with zero attached hydrogens (tertiary/aromatic N) is 2. The summed E-state index contributed by atoms with van der Waals surface area (Å²) in [5.74, 6) is 0.808. The van der Waals surface area contributed by atoms with Crippen LogP contribution in [-0.4, -0.2) is 21.2 Å². The van der Waals surface area contributed by atoms with Crippen LogP contribution >= 0.6 is 15.9 Å². The summed E-state index contributed by atoms with van der Waals surface area (Å²) in [5.41, 5.74) is 0.406. The molecule has 6 nitrogen and oxygen atoms in total. The molecule has 0 aliphatic heterocycles. The number of H-pyrrole nitrogens is 1. The fourth-order valence-corrected chi connectivity index (χ4v) is 1.95. The summed E-state index contributed by atoms with van der Waals surface area (Å²) in [5, 5.41) is 11.7. The van der Waals surface area contributed by atoms with Gasteiger partial charge in [-0.05, 0) is 25.1 Å². The molecule has 1 heterocycles. The number of halogens is 2. The number of rotatable bonds is 4. The lowest BCUT2D eigenvalue weighted by Crippen LogP contribution is -2.35. The Bertz CT molecular complexity index is 616. The number of hydrogen-bond acceptors (Lipinski definition) is 3. The van der Waals surface area contributed by atoms with E-state index in [-0.39, 0.29) is 18.9 Å². The zero-order chi connectivity index (χ0) is 14.5. The van der Waals surface area contributed by atoms with Gasteiger partial charge in [0.1, 0.15) is 11.6 Å². The molecule has 0 unspecified atom stereocenters. The highest BCUT2D eigenvalue weighted by atomic mass is 79.9. The van der Waals surface area contributed by atoms with Crippen LogP contribution in [0.4, 0.5) is 9.18 Å². The average molecular weight is 342 g/mol. The quantitative estimate of drug-likeness (QED) is 0.795. The van der Waals surface area contributed by atoms with Crippen LogP contribution in [0.1, 0.15) is 17.2 Å². The number of urea groups is 1. The first-order chi connectivity index (χ1) is 9.54. The molecular formula is C12H13BrFN5O. The smallest absolute Gasteiger partial charge is 0.315 e. The van der Waals surface area contributed by atoms with Crippen LogP contribution in [-0.2, 0) is 13.1 Å². The van der Waals surface area contributed by atoms with Crippen LogP contribution < -0.4 is 10.6 Å². The van der Waals surface area contributed by atoms with Gasteiger partial charge in [-0.25, -0.2) is 14.2 Å². The van der Waals surface area contributed by atoms with Crippen LogP contribution in [0.5, 0.6) is 0 Å². The molecule has 1 aromatic heterocycles. The summed E-state index contributed by atoms with van der Waals surface area (Å²) in [4.78, 5) is 15.6. The van der Waals surface area contributed by atoms with Crippen molar-refractivity contribution in [1.29, 1.82) is 0 Å². The van der Waals surface area contributed by atoms with E-state index in [2.05, 4.69) is 41.7 Å². The van der Waals surface area contributed by atoms with Crippen LogP contribution in [0, 0.1) is 12.7 Å². The number of hydrogen-bond donors (Lipinski definition) is 3. The Morgan fingerprint density at radius 1 is 1.40 bits per heavy atom. The normalized spacial score (nSPS) is 10.3. The Morgan fingerprint density at radius 2 is 2.15 bits per heavy atom. The summed E-state index contributed by atoms with van der Waals surface area (Å²) in [6.45, 7) is 2.08. The van der Waals surface area contributed by atoms with Gasteiger partial charge in [-0.2, -0.15) is 5.10 Å². The maximum absolute atomic E-state index is 13.5. The molecule has 0 fully saturated rings. The largest absolute Gasteiger partial charge is 0.334 e. The molecule has 0 aliphatic rings. The number of aryl methyl sites for hydroxylation is 1. The standard InChI is InChI=1S/C12H13BrFN5O/c1-7-17-11(19-18-7)6-16-12(20)15-5-8-4-9(13)2-3-10(8)14/h2-4H,5-6H2,1H3,(H2,15,16,20)(H,17,18,19). The zero-order valence-corrected chi connectivity index (χ0v) is 12.3. The number of aromatic nitrogens is 3. The average Bonchev–Trinajstić information content (AvgIpc) is 2.83. The monoisotopic (exact) mass is 341 g/mol. The summed E-state index contributed by atoms with van der Waals surface area (Å²) >= 11 is 3.25. The third-order valence-corrected chi connectivity index (χ3v) is 2.99. The maximum Gasteiger partial charge on any atom is 0.315 e. The van der Waals surface area contributed by atoms with Crippen molar-refractivity contribution in [2.45, 2.75) is 20.0 Å². The van der Waals surface area contributed by atoms with Gasteiger partial charge in [-0.3, -0.25) is 5.10 Å². The van der Waals surface area contributed by atoms with Crippen molar-refractivity contribution in [3.63, 3.8) is 0 Å². The molecule has 0 atom stereocenters. The molecule has 0 radical (unpaired) electrons. The van der Waals surface area contributed by atoms with Gasteiger partial charge in [0.15, 0.2) is 5.82 Å². The number of aromatic amines is 1. The van der Waals surface area contributed by atoms with Gasteiger partial charge in [0.05, 0.1) is 6.54 Å². The highest BCUT2D eigenvalue weighted by molar-refractivity contribution is 9.10. The Morgan fingerprint density at radius 3 is 2.85 bits per heavy atom. The van der Waals surface area contributed by atoms with Crippen molar-refractivity contribution < 1.29 is 9.18 Å². The number of carbonyl (C=O) groups is 1. The van der Waals surface area contributed by atoms with Crippen LogP contribution in [0.2, 0.25) is 0 Å². The molecule has 0 bridgehead atoms. The first kappa shape index (κ1) is 14.4. The highest BCUT2D eigenvalue weighted by Gasteiger charge is 2.06. The maximum atomic E-state index is 13.5. The summed E-state index contributed by atoms with van der Waals surface area (Å²) < 4.78 is 14.2. The van der Waals surface area contributed by atoms with Crippen LogP contribution in [0.15, 0.2) is 22.7 Å². The minimum atomic E-state index is -0.410. The Balaban J connectivity index is 1.81. The van der Waals surface area contributed by atoms with Gasteiger partial charge in [0.25, 0.3) is 0 Å². The van der Waals surface area contributed by atoms with Gasteiger partial charge in [-0.15, -0.1) is 0 Å². The lowest BCUT2D eigenvalue weighted by Gasteiger charge is -2.07. The fraction of sp³-hybridized carbons (Fsp3) is 0.250. The third-order valence-electron chi connectivity index (χ3n) is 2.50. The van der Waals surface area contributed by atoms with Gasteiger partial charge in [0, 0.05) is 16.6 Å². The van der Waals surface area contributed by atoms with Gasteiger partial charge < -0.3 is 10.6 Å². The Hall–Kier alpha value is -1.96. The summed E-state index contributed by atoms with van der Waals surface area (Å²) in [6, 6.07) is 4.15. The molecule has 8 heteroatoms. The van der Waals surface area contributed by atoms with E-state index in [0.717, 1.165) is 4.47 Å². The minimum Gasteiger partial charge on any atom is -0.334 e. The van der Waals surface area contributed by atoms with Crippen LogP contribution in [0.3, 0.4) is 0 Å². The van der Waals surface area contributed by atoms with Crippen molar-refractivity contribution >= 4 is 22.0 Å². The highest BCUT2D eigenvalue weighted by Crippen LogP contribution is 2.15. The molecule has 2 rings (SSSR count). The Kier molecular flexibility index (Phi) is 4.67. The van der Waals surface area contributed by atoms with E-state index in [1.807, 2.05) is 0 Å². The molecule has 0 saturated heterocycles. The van der Waals surface area contributed by atoms with E-state index >= 15 is 0 Å². The lowest BCUT2D eigenvalue weighted by atomic mass is 10.2. The second-order valence-corrected chi connectivity index (χ2v) is 5.02. The second-order valence-electron chi connectivity index (χ2n) is 4.11. The third kappa shape index (κ3) is 4.02. The Labute approximate surface area is 123 Å². The molecule has 1 aromatic carbocycles. The zero-order valence-electron chi connectivity index (χ0n) is 10.7. The van der Waals surface area contributed by atoms with Gasteiger partial charge >= 0.3 is 6.03 Å². The second kappa shape index (κ2) is 6.47. The fourth-order valence-electron chi connectivity index (χ4n) is 1.54. The van der Waals surface area contributed by atoms with E-state index in [0.29, 0.717) is 17.2 Å². The van der Waals surface area contributed by atoms with E-state index in [1.54, 1.807) is 19.1 Å². The van der Waals surface area contributed by atoms with E-state index in [1.165, 1.54) is 6.07 Å². The van der Waals surface area contributed by atoms with Crippen molar-refractivity contribution in [3.8, 4) is 0 Å². The van der Waals surface area contributed by atoms with Crippen molar-refractivity contribution in [2.24, 2.45) is 0 Å². The van der Waals surface area contributed by atoms with Crippen molar-refractivity contribution in [2.75, 3.05) is 0 Å². The van der Waals surface area contributed by atoms with Crippen molar-refractivity contribution in [1.82, 2.24) is 25.8 Å². The molecule has 0 aliphatic carbocycles. The SMILES string of the molecule is Cc1nc(CNC(=O)NCc2cc(Br)ccc2F)n[nH]1. The molecule has 3 N–H and O–H groups in total. The molecule has 20 heavy (non-hydrogen) atoms. The summed E-state index contributed by atoms with van der Waals surface area (Å²) in [6.07, 6.45) is 0. The number of carbonyl (C=O) groups excluding carboxylic acids is 1. The number of amides is 2. The first-order valence-electron chi connectivity index (χ1n) is 5.88. The lowest BCUT2D eigenvalue weighted by molar-refractivity contribution is 0.239. The first-order valence-corrected chi connectivity index (χ1v) is 6.67. The molecule has 2 aromatic rings. The molecule has 0 spiro atoms. The predicted octanol–water partition coefficient (Wildman–Crippen LogP) is 2.01. The number of benzene rings is 1. The van der Waals surface area contributed by atoms with E-state index < -0.39 is 6.03 Å². The molecular weight excluding hydrogens is 329 g/mol. The predicted molar refractivity (Wildman–Crippen MR) is 74.3 cm³/mol. The van der Waals surface area contributed by atoms with Crippen LogP contribution in [0.25, 0.3) is 0 Å². The topological polar surface area (TPSA) is 82.7 Å². The van der Waals surface area contributed by atoms with E-state index in [9.17, 15) is 9.18 Å². The van der Waals surface area contributed by atoms with Gasteiger partial charge in [0.2, 0.25) is 0 Å². The van der Waals surface area contributed by atoms with Crippen molar-refractivity contribution in [3.05, 3.63) is 45.7 Å². The van der Waals surface area contributed by atoms with E-state index in [4.69, 9.17) is 0 Å².